The summed E-state index contributed by atoms with van der Waals surface area (Å²) in [5, 5.41) is 26.3. The Morgan fingerprint density at radius 1 is 1.12 bits per heavy atom. The summed E-state index contributed by atoms with van der Waals surface area (Å²) >= 11 is 5.82. The lowest BCUT2D eigenvalue weighted by Gasteiger charge is -2.02. The Morgan fingerprint density at radius 2 is 1.80 bits per heavy atom. The SMILES string of the molecule is CC(/C=N/Nc1ccc([N+](=O)[O-])cc1[N+](=O)[O-])=C\c1ccc(Cl)cc1. The fourth-order valence-electron chi connectivity index (χ4n) is 1.94. The van der Waals surface area contributed by atoms with Crippen molar-refractivity contribution in [1.82, 2.24) is 0 Å². The van der Waals surface area contributed by atoms with Crippen molar-refractivity contribution in [3.8, 4) is 0 Å². The molecule has 0 bridgehead atoms. The minimum atomic E-state index is -0.707. The zero-order chi connectivity index (χ0) is 18.4. The van der Waals surface area contributed by atoms with Crippen LogP contribution < -0.4 is 5.43 Å². The van der Waals surface area contributed by atoms with E-state index in [4.69, 9.17) is 11.6 Å². The molecule has 0 heterocycles. The molecule has 9 heteroatoms. The Kier molecular flexibility index (Phi) is 5.80. The van der Waals surface area contributed by atoms with E-state index < -0.39 is 15.5 Å². The van der Waals surface area contributed by atoms with Gasteiger partial charge in [0.1, 0.15) is 5.69 Å². The van der Waals surface area contributed by atoms with Crippen LogP contribution >= 0.6 is 11.6 Å². The zero-order valence-corrected chi connectivity index (χ0v) is 13.8. The summed E-state index contributed by atoms with van der Waals surface area (Å²) in [6, 6.07) is 10.5. The molecule has 0 aliphatic carbocycles. The van der Waals surface area contributed by atoms with E-state index in [0.717, 1.165) is 17.2 Å². The number of hydrazone groups is 1. The van der Waals surface area contributed by atoms with Gasteiger partial charge in [-0.1, -0.05) is 29.8 Å². The van der Waals surface area contributed by atoms with Crippen molar-refractivity contribution in [3.05, 3.63) is 78.9 Å². The van der Waals surface area contributed by atoms with E-state index in [-0.39, 0.29) is 11.4 Å². The van der Waals surface area contributed by atoms with Crippen LogP contribution in [0.15, 0.2) is 53.1 Å². The van der Waals surface area contributed by atoms with Crippen LogP contribution in [-0.2, 0) is 0 Å². The van der Waals surface area contributed by atoms with Gasteiger partial charge in [0.25, 0.3) is 5.69 Å². The fraction of sp³-hybridized carbons (Fsp3) is 0.0625. The lowest BCUT2D eigenvalue weighted by molar-refractivity contribution is -0.393. The second-order valence-corrected chi connectivity index (χ2v) is 5.46. The summed E-state index contributed by atoms with van der Waals surface area (Å²) in [4.78, 5) is 20.3. The van der Waals surface area contributed by atoms with Crippen molar-refractivity contribution in [1.29, 1.82) is 0 Å². The number of non-ortho nitro benzene ring substituents is 1. The molecule has 0 aliphatic heterocycles. The Labute approximate surface area is 147 Å². The van der Waals surface area contributed by atoms with Gasteiger partial charge in [0, 0.05) is 11.1 Å². The molecule has 2 aromatic carbocycles. The van der Waals surface area contributed by atoms with Gasteiger partial charge in [-0.25, -0.2) is 0 Å². The minimum Gasteiger partial charge on any atom is -0.272 e. The number of nitrogens with one attached hydrogen (secondary N) is 1. The number of hydrogen-bond acceptors (Lipinski definition) is 6. The molecule has 1 N–H and O–H groups in total. The molecule has 25 heavy (non-hydrogen) atoms. The molecule has 2 aromatic rings. The highest BCUT2D eigenvalue weighted by atomic mass is 35.5. The number of halogens is 1. The molecule has 0 saturated carbocycles. The second kappa shape index (κ2) is 8.02. The number of benzene rings is 2. The standard InChI is InChI=1S/C16H13ClN4O4/c1-11(8-12-2-4-13(17)5-3-12)10-18-19-15-7-6-14(20(22)23)9-16(15)21(24)25/h2-10,19H,1H3/b11-8+,18-10+. The van der Waals surface area contributed by atoms with Crippen LogP contribution in [0.5, 0.6) is 0 Å². The first-order valence-corrected chi connectivity index (χ1v) is 7.40. The average molecular weight is 361 g/mol. The smallest absolute Gasteiger partial charge is 0.272 e. The van der Waals surface area contributed by atoms with E-state index in [1.165, 1.54) is 18.3 Å². The van der Waals surface area contributed by atoms with E-state index in [2.05, 4.69) is 10.5 Å². The molecule has 0 radical (unpaired) electrons. The largest absolute Gasteiger partial charge is 0.301 e. The molecule has 0 fully saturated rings. The van der Waals surface area contributed by atoms with Crippen LogP contribution in [0.25, 0.3) is 6.08 Å². The normalized spacial score (nSPS) is 11.5. The lowest BCUT2D eigenvalue weighted by atomic mass is 10.1. The maximum Gasteiger partial charge on any atom is 0.301 e. The topological polar surface area (TPSA) is 111 Å². The minimum absolute atomic E-state index is 0.0612. The van der Waals surface area contributed by atoms with Crippen molar-refractivity contribution < 1.29 is 9.85 Å². The first-order valence-electron chi connectivity index (χ1n) is 7.02. The molecule has 0 amide bonds. The van der Waals surface area contributed by atoms with Crippen molar-refractivity contribution in [2.24, 2.45) is 5.10 Å². The third kappa shape index (κ3) is 5.11. The summed E-state index contributed by atoms with van der Waals surface area (Å²) in [6.07, 6.45) is 3.34. The Bertz CT molecular complexity index is 863. The first-order chi connectivity index (χ1) is 11.9. The maximum atomic E-state index is 11.0. The number of allylic oxidation sites excluding steroid dienone is 1. The van der Waals surface area contributed by atoms with Gasteiger partial charge < -0.3 is 0 Å². The molecular formula is C16H13ClN4O4. The van der Waals surface area contributed by atoms with Crippen LogP contribution in [0.4, 0.5) is 17.1 Å². The predicted molar refractivity (Wildman–Crippen MR) is 97.0 cm³/mol. The molecule has 128 valence electrons. The van der Waals surface area contributed by atoms with Gasteiger partial charge in [-0.15, -0.1) is 0 Å². The van der Waals surface area contributed by atoms with Crippen molar-refractivity contribution in [3.63, 3.8) is 0 Å². The Hall–Kier alpha value is -3.26. The van der Waals surface area contributed by atoms with Gasteiger partial charge in [-0.3, -0.25) is 25.7 Å². The monoisotopic (exact) mass is 360 g/mol. The molecule has 0 aliphatic rings. The van der Waals surface area contributed by atoms with Gasteiger partial charge in [0.15, 0.2) is 0 Å². The summed E-state index contributed by atoms with van der Waals surface area (Å²) in [7, 11) is 0. The van der Waals surface area contributed by atoms with E-state index in [1.54, 1.807) is 12.1 Å². The van der Waals surface area contributed by atoms with Gasteiger partial charge in [0.2, 0.25) is 0 Å². The molecular weight excluding hydrogens is 348 g/mol. The first kappa shape index (κ1) is 18.1. The quantitative estimate of drug-likeness (QED) is 0.457. The predicted octanol–water partition coefficient (Wildman–Crippen LogP) is 4.66. The van der Waals surface area contributed by atoms with Gasteiger partial charge in [-0.05, 0) is 36.3 Å². The number of hydrogen-bond donors (Lipinski definition) is 1. The van der Waals surface area contributed by atoms with Crippen molar-refractivity contribution in [2.45, 2.75) is 6.92 Å². The highest BCUT2D eigenvalue weighted by molar-refractivity contribution is 6.30. The summed E-state index contributed by atoms with van der Waals surface area (Å²) in [5.41, 5.74) is 3.52. The number of anilines is 1. The molecule has 0 unspecified atom stereocenters. The lowest BCUT2D eigenvalue weighted by Crippen LogP contribution is -1.98. The number of rotatable bonds is 6. The average Bonchev–Trinajstić information content (AvgIpc) is 2.56. The molecule has 8 nitrogen and oxygen atoms in total. The van der Waals surface area contributed by atoms with E-state index in [1.807, 2.05) is 25.1 Å². The van der Waals surface area contributed by atoms with E-state index in [0.29, 0.717) is 5.02 Å². The number of nitro groups is 2. The highest BCUT2D eigenvalue weighted by Crippen LogP contribution is 2.28. The molecule has 2 rings (SSSR count). The van der Waals surface area contributed by atoms with E-state index >= 15 is 0 Å². The fourth-order valence-corrected chi connectivity index (χ4v) is 2.07. The van der Waals surface area contributed by atoms with E-state index in [9.17, 15) is 20.2 Å². The third-order valence-corrected chi connectivity index (χ3v) is 3.36. The third-order valence-electron chi connectivity index (χ3n) is 3.11. The molecule has 0 aromatic heterocycles. The van der Waals surface area contributed by atoms with Crippen LogP contribution in [0.3, 0.4) is 0 Å². The van der Waals surface area contributed by atoms with Gasteiger partial charge in [-0.2, -0.15) is 5.10 Å². The summed E-state index contributed by atoms with van der Waals surface area (Å²) in [6.45, 7) is 1.81. The van der Waals surface area contributed by atoms with Crippen LogP contribution in [0, 0.1) is 20.2 Å². The Balaban J connectivity index is 2.14. The molecule has 0 spiro atoms. The Morgan fingerprint density at radius 3 is 2.40 bits per heavy atom. The van der Waals surface area contributed by atoms with Crippen LogP contribution in [-0.4, -0.2) is 16.1 Å². The number of nitro benzene ring substituents is 2. The number of nitrogens with zero attached hydrogens (tertiary/aromatic N) is 3. The van der Waals surface area contributed by atoms with Crippen LogP contribution in [0.2, 0.25) is 5.02 Å². The van der Waals surface area contributed by atoms with Crippen molar-refractivity contribution >= 4 is 41.0 Å². The summed E-state index contributed by atoms with van der Waals surface area (Å²) < 4.78 is 0. The van der Waals surface area contributed by atoms with Gasteiger partial charge in [0.05, 0.1) is 22.1 Å². The van der Waals surface area contributed by atoms with Crippen molar-refractivity contribution in [2.75, 3.05) is 5.43 Å². The second-order valence-electron chi connectivity index (χ2n) is 5.03. The molecule has 0 saturated heterocycles. The maximum absolute atomic E-state index is 11.0. The molecule has 0 atom stereocenters. The highest BCUT2D eigenvalue weighted by Gasteiger charge is 2.18. The van der Waals surface area contributed by atoms with Crippen LogP contribution in [0.1, 0.15) is 12.5 Å². The summed E-state index contributed by atoms with van der Waals surface area (Å²) in [5.74, 6) is 0. The zero-order valence-electron chi connectivity index (χ0n) is 13.0. The van der Waals surface area contributed by atoms with Gasteiger partial charge >= 0.3 is 5.69 Å².